The van der Waals surface area contributed by atoms with Crippen LogP contribution < -0.4 is 14.4 Å². The monoisotopic (exact) mass is 296 g/mol. The Hall–Kier alpha value is -1.01. The van der Waals surface area contributed by atoms with Gasteiger partial charge in [-0.3, -0.25) is 0 Å². The van der Waals surface area contributed by atoms with Gasteiger partial charge in [0, 0.05) is 0 Å². The molecule has 0 aromatic heterocycles. The van der Waals surface area contributed by atoms with E-state index < -0.39 is 5.96 Å². The number of rotatable bonds is 1. The molecule has 0 N–H and O–H groups in total. The molecule has 80 valence electrons. The topological polar surface area (TPSA) is 18.5 Å². The number of hydrogen-bond donors (Lipinski definition) is 0. The van der Waals surface area contributed by atoms with Gasteiger partial charge < -0.3 is 0 Å². The zero-order valence-electron chi connectivity index (χ0n) is 8.37. The second kappa shape index (κ2) is 3.78. The summed E-state index contributed by atoms with van der Waals surface area (Å²) in [5, 5.41) is 1.08. The third kappa shape index (κ3) is 1.62. The molecule has 0 spiro atoms. The molecule has 0 radical (unpaired) electrons. The first kappa shape index (κ1) is 10.2. The van der Waals surface area contributed by atoms with Crippen LogP contribution in [0.25, 0.3) is 0 Å². The fraction of sp³-hybridized carbons (Fsp3) is 0. The van der Waals surface area contributed by atoms with Gasteiger partial charge in [0.25, 0.3) is 0 Å². The maximum absolute atomic E-state index is 5.91. The summed E-state index contributed by atoms with van der Waals surface area (Å²) in [6.07, 6.45) is 0. The van der Waals surface area contributed by atoms with E-state index in [-0.39, 0.29) is 0 Å². The Morgan fingerprint density at radius 3 is 1.81 bits per heavy atom. The molecule has 2 nitrogen and oxygen atoms in total. The Kier molecular flexibility index (Phi) is 2.40. The molecule has 16 heavy (non-hydrogen) atoms. The van der Waals surface area contributed by atoms with Crippen molar-refractivity contribution in [2.45, 2.75) is 0 Å². The molecule has 0 unspecified atom stereocenters. The van der Waals surface area contributed by atoms with Crippen LogP contribution in [0.5, 0.6) is 11.5 Å². The van der Waals surface area contributed by atoms with Crippen molar-refractivity contribution >= 4 is 26.4 Å². The second-order valence-corrected chi connectivity index (χ2v) is 8.36. The van der Waals surface area contributed by atoms with Crippen molar-refractivity contribution in [1.29, 1.82) is 0 Å². The quantitative estimate of drug-likeness (QED) is 0.595. The van der Waals surface area contributed by atoms with Crippen molar-refractivity contribution in [3.05, 3.63) is 54.6 Å². The Labute approximate surface area is 102 Å². The van der Waals surface area contributed by atoms with Crippen molar-refractivity contribution in [3.63, 3.8) is 0 Å². The van der Waals surface area contributed by atoms with Gasteiger partial charge in [0.2, 0.25) is 0 Å². The average molecular weight is 295 g/mol. The Bertz CT molecular complexity index is 539. The van der Waals surface area contributed by atoms with Crippen LogP contribution in [0.15, 0.2) is 54.6 Å². The number of benzene rings is 2. The molecule has 1 aliphatic rings. The molecule has 3 rings (SSSR count). The van der Waals surface area contributed by atoms with Crippen LogP contribution in [0.4, 0.5) is 0 Å². The summed E-state index contributed by atoms with van der Waals surface area (Å²) >= 11 is 3.08. The normalized spacial score (nSPS) is 16.0. The van der Waals surface area contributed by atoms with Gasteiger partial charge in [-0.2, -0.15) is 0 Å². The van der Waals surface area contributed by atoms with Crippen LogP contribution in [-0.2, 0) is 0 Å². The number of fused-ring (bicyclic) bond motifs is 1. The Morgan fingerprint density at radius 2 is 1.25 bits per heavy atom. The van der Waals surface area contributed by atoms with Gasteiger partial charge >= 0.3 is 102 Å². The van der Waals surface area contributed by atoms with E-state index in [1.54, 1.807) is 0 Å². The first-order chi connectivity index (χ1) is 7.78. The van der Waals surface area contributed by atoms with Crippen molar-refractivity contribution in [2.24, 2.45) is 0 Å². The molecule has 0 fully saturated rings. The maximum atomic E-state index is 5.91. The Morgan fingerprint density at radius 1 is 0.750 bits per heavy atom. The predicted octanol–water partition coefficient (Wildman–Crippen LogP) is 2.71. The van der Waals surface area contributed by atoms with Crippen LogP contribution in [0.3, 0.4) is 0 Å². The molecule has 0 amide bonds. The molecule has 0 saturated heterocycles. The zero-order chi connectivity index (χ0) is 11.0. The molecule has 2 aromatic rings. The average Bonchev–Trinajstić information content (AvgIpc) is 2.68. The van der Waals surface area contributed by atoms with Crippen molar-refractivity contribution in [2.75, 3.05) is 0 Å². The predicted molar refractivity (Wildman–Crippen MR) is 66.4 cm³/mol. The molecule has 0 atom stereocenters. The van der Waals surface area contributed by atoms with Crippen LogP contribution in [0.2, 0.25) is 0 Å². The number of hydrogen-bond acceptors (Lipinski definition) is 2. The molecule has 0 bridgehead atoms. The van der Waals surface area contributed by atoms with Crippen LogP contribution in [0.1, 0.15) is 0 Å². The molecular formula is C12H9O2PSe. The third-order valence-corrected chi connectivity index (χ3v) is 6.43. The summed E-state index contributed by atoms with van der Waals surface area (Å²) in [7, 11) is 0. The summed E-state index contributed by atoms with van der Waals surface area (Å²) in [6, 6.07) is 17.8. The van der Waals surface area contributed by atoms with Crippen molar-refractivity contribution < 1.29 is 9.05 Å². The fourth-order valence-electron chi connectivity index (χ4n) is 1.59. The summed E-state index contributed by atoms with van der Waals surface area (Å²) in [5.74, 6) is -0.443. The van der Waals surface area contributed by atoms with Gasteiger partial charge in [-0.1, -0.05) is 0 Å². The summed E-state index contributed by atoms with van der Waals surface area (Å²) in [6.45, 7) is 0. The van der Waals surface area contributed by atoms with E-state index >= 15 is 0 Å². The molecule has 4 heteroatoms. The van der Waals surface area contributed by atoms with Gasteiger partial charge in [-0.05, 0) is 0 Å². The molecule has 1 aliphatic heterocycles. The second-order valence-electron chi connectivity index (χ2n) is 3.46. The molecule has 0 saturated carbocycles. The van der Waals surface area contributed by atoms with E-state index in [0.717, 1.165) is 16.8 Å². The molecule has 2 aromatic carbocycles. The zero-order valence-corrected chi connectivity index (χ0v) is 11.0. The van der Waals surface area contributed by atoms with E-state index in [1.165, 1.54) is 0 Å². The fourth-order valence-corrected chi connectivity index (χ4v) is 4.98. The molecule has 1 heterocycles. The van der Waals surface area contributed by atoms with Gasteiger partial charge in [-0.15, -0.1) is 0 Å². The van der Waals surface area contributed by atoms with Crippen LogP contribution in [0, 0.1) is 0 Å². The summed E-state index contributed by atoms with van der Waals surface area (Å²) in [4.78, 5) is 0. The summed E-state index contributed by atoms with van der Waals surface area (Å²) < 4.78 is 11.8. The van der Waals surface area contributed by atoms with Crippen molar-refractivity contribution in [1.82, 2.24) is 0 Å². The van der Waals surface area contributed by atoms with Crippen molar-refractivity contribution in [3.8, 4) is 11.5 Å². The van der Waals surface area contributed by atoms with E-state index in [0.29, 0.717) is 0 Å². The van der Waals surface area contributed by atoms with Gasteiger partial charge in [0.15, 0.2) is 0 Å². The first-order valence-corrected chi connectivity index (χ1v) is 8.76. The van der Waals surface area contributed by atoms with Crippen LogP contribution >= 0.6 is 5.96 Å². The van der Waals surface area contributed by atoms with E-state index in [9.17, 15) is 0 Å². The Balaban J connectivity index is 2.04. The minimum absolute atomic E-state index is 0.818. The van der Waals surface area contributed by atoms with Gasteiger partial charge in [-0.25, -0.2) is 0 Å². The SMILES string of the molecule is [Se]=P1(c2ccccc2)Oc2ccccc2O1. The van der Waals surface area contributed by atoms with Gasteiger partial charge in [0.1, 0.15) is 0 Å². The van der Waals surface area contributed by atoms with Gasteiger partial charge in [0.05, 0.1) is 0 Å². The standard InChI is InChI=1S/C12H9O2PSe/c16-15(10-6-2-1-3-7-10)13-11-8-4-5-9-12(11)14-15/h1-9H. The van der Waals surface area contributed by atoms with E-state index in [2.05, 4.69) is 15.1 Å². The van der Waals surface area contributed by atoms with E-state index in [4.69, 9.17) is 9.05 Å². The molecule has 0 aliphatic carbocycles. The summed E-state index contributed by atoms with van der Waals surface area (Å²) in [5.41, 5.74) is 0. The minimum atomic E-state index is -2.08. The third-order valence-electron chi connectivity index (χ3n) is 2.36. The first-order valence-electron chi connectivity index (χ1n) is 4.92. The number of para-hydroxylation sites is 2. The van der Waals surface area contributed by atoms with E-state index in [1.807, 2.05) is 54.6 Å². The van der Waals surface area contributed by atoms with Crippen LogP contribution in [-0.4, -0.2) is 15.1 Å². The molecular weight excluding hydrogens is 286 g/mol.